The van der Waals surface area contributed by atoms with Gasteiger partial charge in [0, 0.05) is 12.3 Å². The van der Waals surface area contributed by atoms with Crippen molar-refractivity contribution in [3.63, 3.8) is 0 Å². The third-order valence-corrected chi connectivity index (χ3v) is 13.6. The van der Waals surface area contributed by atoms with E-state index in [1.807, 2.05) is 12.2 Å². The van der Waals surface area contributed by atoms with Gasteiger partial charge in [0.1, 0.15) is 11.2 Å². The molecule has 3 aliphatic rings. The lowest BCUT2D eigenvalue weighted by molar-refractivity contribution is -0.209. The van der Waals surface area contributed by atoms with Crippen LogP contribution in [-0.4, -0.2) is 35.8 Å². The van der Waals surface area contributed by atoms with Crippen LogP contribution in [0, 0.1) is 18.3 Å². The van der Waals surface area contributed by atoms with Crippen LogP contribution in [0.1, 0.15) is 70.1 Å². The number of rotatable bonds is 2. The van der Waals surface area contributed by atoms with Crippen molar-refractivity contribution < 1.29 is 14.6 Å². The fraction of sp³-hybridized carbons (Fsp3) is 0.692. The van der Waals surface area contributed by atoms with Crippen molar-refractivity contribution in [1.29, 1.82) is 0 Å². The second-order valence-electron chi connectivity index (χ2n) is 12.1. The normalized spacial score (nSPS) is 38.6. The minimum Gasteiger partial charge on any atom is -0.413 e. The summed E-state index contributed by atoms with van der Waals surface area (Å²) in [5.41, 5.74) is 0.983. The van der Waals surface area contributed by atoms with Gasteiger partial charge in [-0.05, 0) is 73.4 Å². The van der Waals surface area contributed by atoms with Crippen molar-refractivity contribution in [2.24, 2.45) is 11.3 Å². The van der Waals surface area contributed by atoms with Crippen LogP contribution in [0.15, 0.2) is 24.3 Å². The summed E-state index contributed by atoms with van der Waals surface area (Å²) in [5, 5.41) is 24.1. The number of aliphatic hydroxyl groups is 2. The Morgan fingerprint density at radius 1 is 1.10 bits per heavy atom. The molecule has 2 fully saturated rings. The van der Waals surface area contributed by atoms with Gasteiger partial charge in [-0.25, -0.2) is 0 Å². The van der Waals surface area contributed by atoms with Crippen molar-refractivity contribution in [3.05, 3.63) is 41.0 Å². The van der Waals surface area contributed by atoms with E-state index in [0.717, 1.165) is 30.4 Å². The second kappa shape index (κ2) is 6.78. The highest BCUT2D eigenvalue weighted by Crippen LogP contribution is 2.62. The molecule has 0 aromatic heterocycles. The monoisotopic (exact) mass is 428 g/mol. The first-order chi connectivity index (χ1) is 13.7. The van der Waals surface area contributed by atoms with Crippen molar-refractivity contribution in [3.8, 4) is 0 Å². The van der Waals surface area contributed by atoms with Gasteiger partial charge in [0.05, 0.1) is 6.10 Å². The van der Waals surface area contributed by atoms with Gasteiger partial charge in [-0.2, -0.15) is 0 Å². The fourth-order valence-corrected chi connectivity index (χ4v) is 7.52. The maximum absolute atomic E-state index is 12.1. The third kappa shape index (κ3) is 3.18. The van der Waals surface area contributed by atoms with Crippen molar-refractivity contribution in [2.45, 2.75) is 102 Å². The van der Waals surface area contributed by atoms with Crippen LogP contribution in [0.5, 0.6) is 0 Å². The van der Waals surface area contributed by atoms with E-state index in [1.165, 1.54) is 5.56 Å². The molecule has 0 unspecified atom stereocenters. The lowest BCUT2D eigenvalue weighted by Gasteiger charge is -2.57. The van der Waals surface area contributed by atoms with Crippen LogP contribution < -0.4 is 0 Å². The summed E-state index contributed by atoms with van der Waals surface area (Å²) in [7, 11) is -1.91. The molecule has 0 radical (unpaired) electrons. The van der Waals surface area contributed by atoms with Crippen LogP contribution >= 0.6 is 0 Å². The molecule has 4 rings (SSSR count). The molecule has 4 heteroatoms. The zero-order valence-electron chi connectivity index (χ0n) is 19.9. The van der Waals surface area contributed by atoms with E-state index in [-0.39, 0.29) is 22.5 Å². The lowest BCUT2D eigenvalue weighted by atomic mass is 9.54. The first-order valence-electron chi connectivity index (χ1n) is 11.6. The number of hydrogen-bond donors (Lipinski definition) is 2. The van der Waals surface area contributed by atoms with E-state index in [2.05, 4.69) is 65.9 Å². The largest absolute Gasteiger partial charge is 0.413 e. The summed E-state index contributed by atoms with van der Waals surface area (Å²) in [6.07, 6.45) is 7.98. The zero-order chi connectivity index (χ0) is 22.2. The molecule has 2 N–H and O–H groups in total. The maximum atomic E-state index is 12.1. The van der Waals surface area contributed by atoms with Gasteiger partial charge in [0.25, 0.3) is 0 Å². The highest BCUT2D eigenvalue weighted by Gasteiger charge is 2.66. The van der Waals surface area contributed by atoms with Crippen molar-refractivity contribution in [2.75, 3.05) is 0 Å². The molecule has 0 aliphatic heterocycles. The summed E-state index contributed by atoms with van der Waals surface area (Å²) in [6, 6.07) is 6.38. The van der Waals surface area contributed by atoms with Crippen LogP contribution in [-0.2, 0) is 10.8 Å². The van der Waals surface area contributed by atoms with E-state index >= 15 is 0 Å². The second-order valence-corrected chi connectivity index (χ2v) is 16.8. The average molecular weight is 429 g/mol. The maximum Gasteiger partial charge on any atom is 0.192 e. The van der Waals surface area contributed by atoms with Gasteiger partial charge in [-0.1, -0.05) is 57.5 Å². The van der Waals surface area contributed by atoms with Gasteiger partial charge in [0.15, 0.2) is 8.32 Å². The standard InChI is InChI=1S/C26H40O3Si/c1-18-8-9-19-12-13-26(28)21-10-11-22(29-30(6,7)23(2,3)4)24(21,5)14-15-25(26,27)17-20(19)16-18/h8-9,12-13,16,21-22,27-28H,10-11,14-15,17H2,1-7H3/t21-,22+,24+,25+,26+/m1/s1. The molecule has 1 aromatic rings. The minimum absolute atomic E-state index is 0.00479. The molecule has 0 heterocycles. The van der Waals surface area contributed by atoms with E-state index in [4.69, 9.17) is 4.43 Å². The smallest absolute Gasteiger partial charge is 0.192 e. The molecule has 2 saturated carbocycles. The highest BCUT2D eigenvalue weighted by molar-refractivity contribution is 6.74. The Labute approximate surface area is 183 Å². The molecule has 3 nitrogen and oxygen atoms in total. The summed E-state index contributed by atoms with van der Waals surface area (Å²) in [6.45, 7) is 15.9. The van der Waals surface area contributed by atoms with E-state index in [1.54, 1.807) is 0 Å². The molecular formula is C26H40O3Si. The molecule has 0 spiro atoms. The Hall–Kier alpha value is -0.943. The molecule has 0 saturated heterocycles. The Kier molecular flexibility index (Phi) is 5.03. The van der Waals surface area contributed by atoms with Crippen LogP contribution in [0.2, 0.25) is 18.1 Å². The van der Waals surface area contributed by atoms with Gasteiger partial charge >= 0.3 is 0 Å². The number of hydrogen-bond acceptors (Lipinski definition) is 3. The summed E-state index contributed by atoms with van der Waals surface area (Å²) in [5.74, 6) is 0.00479. The van der Waals surface area contributed by atoms with Crippen LogP contribution in [0.25, 0.3) is 6.08 Å². The molecular weight excluding hydrogens is 388 g/mol. The van der Waals surface area contributed by atoms with Crippen LogP contribution in [0.4, 0.5) is 0 Å². The van der Waals surface area contributed by atoms with Gasteiger partial charge in [-0.15, -0.1) is 0 Å². The van der Waals surface area contributed by atoms with E-state index in [9.17, 15) is 10.2 Å². The third-order valence-electron chi connectivity index (χ3n) is 9.14. The molecule has 30 heavy (non-hydrogen) atoms. The molecule has 3 aliphatic carbocycles. The SMILES string of the molecule is Cc1ccc2c(c1)C[C@@]1(O)CC[C@]3(C)[C@@H](O[Si](C)(C)C(C)(C)C)CC[C@H]3[C@@]1(O)C=C2. The Morgan fingerprint density at radius 3 is 2.47 bits per heavy atom. The van der Waals surface area contributed by atoms with Crippen molar-refractivity contribution >= 4 is 14.4 Å². The predicted molar refractivity (Wildman–Crippen MR) is 126 cm³/mol. The lowest BCUT2D eigenvalue weighted by Crippen LogP contribution is -2.65. The predicted octanol–water partition coefficient (Wildman–Crippen LogP) is 5.63. The molecule has 166 valence electrons. The first-order valence-corrected chi connectivity index (χ1v) is 14.5. The Morgan fingerprint density at radius 2 is 1.80 bits per heavy atom. The number of fused-ring (bicyclic) bond motifs is 4. The van der Waals surface area contributed by atoms with Crippen LogP contribution in [0.3, 0.4) is 0 Å². The summed E-state index contributed by atoms with van der Waals surface area (Å²) in [4.78, 5) is 0. The Bertz CT molecular complexity index is 870. The van der Waals surface area contributed by atoms with Gasteiger partial charge in [-0.3, -0.25) is 0 Å². The number of aryl methyl sites for hydroxylation is 1. The molecule has 5 atom stereocenters. The average Bonchev–Trinajstić information content (AvgIpc) is 2.88. The summed E-state index contributed by atoms with van der Waals surface area (Å²) >= 11 is 0. The zero-order valence-corrected chi connectivity index (χ0v) is 20.9. The minimum atomic E-state index is -1.91. The van der Waals surface area contributed by atoms with E-state index in [0.29, 0.717) is 12.8 Å². The molecule has 1 aromatic carbocycles. The quantitative estimate of drug-likeness (QED) is 0.601. The fourth-order valence-electron chi connectivity index (χ4n) is 6.07. The number of benzene rings is 1. The first kappa shape index (κ1) is 22.3. The van der Waals surface area contributed by atoms with Crippen molar-refractivity contribution in [1.82, 2.24) is 0 Å². The molecule has 0 bridgehead atoms. The topological polar surface area (TPSA) is 49.7 Å². The molecule has 0 amide bonds. The highest BCUT2D eigenvalue weighted by atomic mass is 28.4. The van der Waals surface area contributed by atoms with Gasteiger partial charge < -0.3 is 14.6 Å². The van der Waals surface area contributed by atoms with E-state index < -0.39 is 19.5 Å². The summed E-state index contributed by atoms with van der Waals surface area (Å²) < 4.78 is 6.92. The Balaban J connectivity index is 1.69. The van der Waals surface area contributed by atoms with Gasteiger partial charge in [0.2, 0.25) is 0 Å².